The fraction of sp³-hybridized carbons (Fsp3) is 0.481. The summed E-state index contributed by atoms with van der Waals surface area (Å²) in [5.74, 6) is 1.14. The molecule has 0 bridgehead atoms. The largest absolute Gasteiger partial charge is 0.493 e. The van der Waals surface area contributed by atoms with Crippen molar-refractivity contribution in [1.82, 2.24) is 15.1 Å². The molecular formula is C27H37N3O10S. The number of hydrogen-bond acceptors (Lipinski definition) is 10. The Balaban J connectivity index is 1.59. The number of sulfonamides is 1. The Labute approximate surface area is 239 Å². The number of carbonyl (C=O) groups excluding carboxylic acids is 2. The molecule has 3 rings (SSSR count). The van der Waals surface area contributed by atoms with Crippen LogP contribution in [0.15, 0.2) is 47.4 Å². The number of carbonyl (C=O) groups is 2. The predicted octanol–water partition coefficient (Wildman–Crippen LogP) is 2.82. The fourth-order valence-electron chi connectivity index (χ4n) is 3.71. The lowest BCUT2D eigenvalue weighted by molar-refractivity contribution is -0.0323. The highest BCUT2D eigenvalue weighted by molar-refractivity contribution is 7.89. The van der Waals surface area contributed by atoms with Crippen LogP contribution in [0.2, 0.25) is 0 Å². The highest BCUT2D eigenvalue weighted by Crippen LogP contribution is 2.34. The van der Waals surface area contributed by atoms with Crippen LogP contribution in [0.4, 0.5) is 9.59 Å². The van der Waals surface area contributed by atoms with Gasteiger partial charge in [0.25, 0.3) is 10.0 Å². The Kier molecular flexibility index (Phi) is 11.4. The molecule has 1 aliphatic rings. The van der Waals surface area contributed by atoms with E-state index < -0.39 is 34.4 Å². The number of ether oxygens (including phenoxy) is 4. The molecule has 226 valence electrons. The smallest absolute Gasteiger partial charge is 0.427 e. The summed E-state index contributed by atoms with van der Waals surface area (Å²) in [4.78, 5) is 29.1. The third-order valence-electron chi connectivity index (χ3n) is 5.87. The fourth-order valence-corrected chi connectivity index (χ4v) is 5.10. The average molecular weight is 596 g/mol. The molecule has 0 spiro atoms. The first kappa shape index (κ1) is 31.8. The minimum absolute atomic E-state index is 0.0141. The number of aliphatic hydroxyl groups is 1. The minimum Gasteiger partial charge on any atom is -0.493 e. The molecule has 1 aliphatic heterocycles. The minimum atomic E-state index is -4.24. The van der Waals surface area contributed by atoms with E-state index in [2.05, 4.69) is 10.6 Å². The lowest BCUT2D eigenvalue weighted by Gasteiger charge is -2.25. The van der Waals surface area contributed by atoms with Crippen molar-refractivity contribution in [3.05, 3.63) is 48.0 Å². The van der Waals surface area contributed by atoms with E-state index in [9.17, 15) is 23.1 Å². The molecular weight excluding hydrogens is 558 g/mol. The molecule has 2 aromatic carbocycles. The first-order valence-electron chi connectivity index (χ1n) is 13.1. The maximum atomic E-state index is 13.3. The molecule has 41 heavy (non-hydrogen) atoms. The van der Waals surface area contributed by atoms with E-state index in [4.69, 9.17) is 23.8 Å². The summed E-state index contributed by atoms with van der Waals surface area (Å²) < 4.78 is 48.4. The molecule has 2 amide bonds. The first-order valence-corrected chi connectivity index (χ1v) is 14.6. The molecule has 2 unspecified atom stereocenters. The molecule has 14 heteroatoms. The van der Waals surface area contributed by atoms with E-state index in [1.807, 2.05) is 0 Å². The molecule has 0 aromatic heterocycles. The van der Waals surface area contributed by atoms with Gasteiger partial charge in [0, 0.05) is 19.5 Å². The van der Waals surface area contributed by atoms with Crippen molar-refractivity contribution in [3.63, 3.8) is 0 Å². The Bertz CT molecular complexity index is 1270. The lowest BCUT2D eigenvalue weighted by Crippen LogP contribution is -2.47. The van der Waals surface area contributed by atoms with Gasteiger partial charge in [-0.1, -0.05) is 26.0 Å². The highest BCUT2D eigenvalue weighted by Gasteiger charge is 2.32. The normalized spacial score (nSPS) is 13.9. The summed E-state index contributed by atoms with van der Waals surface area (Å²) in [6, 6.07) is 10.4. The van der Waals surface area contributed by atoms with E-state index in [0.717, 1.165) is 5.56 Å². The van der Waals surface area contributed by atoms with Crippen LogP contribution >= 0.6 is 0 Å². The summed E-state index contributed by atoms with van der Waals surface area (Å²) >= 11 is 0. The lowest BCUT2D eigenvalue weighted by atomic mass is 10.0. The zero-order chi connectivity index (χ0) is 30.0. The Morgan fingerprint density at radius 1 is 1.02 bits per heavy atom. The van der Waals surface area contributed by atoms with Crippen LogP contribution in [0.5, 0.6) is 17.2 Å². The first-order chi connectivity index (χ1) is 19.5. The van der Waals surface area contributed by atoms with Gasteiger partial charge in [0.1, 0.15) is 5.75 Å². The molecule has 13 nitrogen and oxygen atoms in total. The topological polar surface area (TPSA) is 162 Å². The van der Waals surface area contributed by atoms with Gasteiger partial charge in [-0.3, -0.25) is 0 Å². The number of hydrogen-bond donors (Lipinski definition) is 3. The second-order valence-corrected chi connectivity index (χ2v) is 11.5. The van der Waals surface area contributed by atoms with Gasteiger partial charge in [-0.05, 0) is 53.6 Å². The Morgan fingerprint density at radius 2 is 1.73 bits per heavy atom. The van der Waals surface area contributed by atoms with E-state index in [1.165, 1.54) is 32.2 Å². The summed E-state index contributed by atoms with van der Waals surface area (Å²) in [6.45, 7) is 5.55. The second kappa shape index (κ2) is 14.8. The maximum Gasteiger partial charge on any atom is 0.427 e. The van der Waals surface area contributed by atoms with Crippen LogP contribution in [0.1, 0.15) is 32.8 Å². The van der Waals surface area contributed by atoms with E-state index >= 15 is 0 Å². The van der Waals surface area contributed by atoms with Gasteiger partial charge in [-0.15, -0.1) is 0 Å². The molecule has 0 aliphatic carbocycles. The quantitative estimate of drug-likeness (QED) is 0.219. The number of rotatable bonds is 14. The van der Waals surface area contributed by atoms with Crippen LogP contribution in [-0.4, -0.2) is 75.9 Å². The van der Waals surface area contributed by atoms with Crippen LogP contribution in [0.25, 0.3) is 0 Å². The zero-order valence-electron chi connectivity index (χ0n) is 23.5. The van der Waals surface area contributed by atoms with Crippen molar-refractivity contribution in [2.75, 3.05) is 33.6 Å². The molecule has 1 heterocycles. The molecule has 0 saturated carbocycles. The second-order valence-electron chi connectivity index (χ2n) is 9.71. The SMILES string of the molecule is CNC(=O)OCCCOc1ccc(CC(NC(=O)ON(CC(C)C)S(=O)(=O)c2ccc3c(c2)OCO3)C(C)O)cc1. The van der Waals surface area contributed by atoms with Crippen molar-refractivity contribution in [1.29, 1.82) is 0 Å². The summed E-state index contributed by atoms with van der Waals surface area (Å²) in [7, 11) is -2.76. The van der Waals surface area contributed by atoms with Crippen molar-refractivity contribution in [2.45, 2.75) is 50.7 Å². The van der Waals surface area contributed by atoms with Gasteiger partial charge < -0.3 is 39.5 Å². The average Bonchev–Trinajstić information content (AvgIpc) is 3.40. The number of alkyl carbamates (subject to hydrolysis) is 1. The number of nitrogens with zero attached hydrogens (tertiary/aromatic N) is 1. The molecule has 2 atom stereocenters. The third kappa shape index (κ3) is 9.40. The van der Waals surface area contributed by atoms with E-state index in [0.29, 0.717) is 29.0 Å². The van der Waals surface area contributed by atoms with Crippen molar-refractivity contribution in [2.24, 2.45) is 5.92 Å². The number of benzene rings is 2. The van der Waals surface area contributed by atoms with E-state index in [-0.39, 0.29) is 42.9 Å². The molecule has 3 N–H and O–H groups in total. The zero-order valence-corrected chi connectivity index (χ0v) is 24.3. The van der Waals surface area contributed by atoms with Gasteiger partial charge in [0.05, 0.1) is 36.8 Å². The van der Waals surface area contributed by atoms with Gasteiger partial charge in [0.15, 0.2) is 11.5 Å². The summed E-state index contributed by atoms with van der Waals surface area (Å²) in [5.41, 5.74) is 0.790. The molecule has 0 radical (unpaired) electrons. The number of nitrogens with one attached hydrogen (secondary N) is 2. The van der Waals surface area contributed by atoms with Gasteiger partial charge in [-0.2, -0.15) is 0 Å². The Hall–Kier alpha value is -3.75. The monoisotopic (exact) mass is 595 g/mol. The van der Waals surface area contributed by atoms with Crippen LogP contribution < -0.4 is 24.8 Å². The molecule has 0 saturated heterocycles. The maximum absolute atomic E-state index is 13.3. The van der Waals surface area contributed by atoms with Gasteiger partial charge in [-0.25, -0.2) is 18.0 Å². The predicted molar refractivity (Wildman–Crippen MR) is 147 cm³/mol. The van der Waals surface area contributed by atoms with Crippen LogP contribution in [0.3, 0.4) is 0 Å². The molecule has 0 fully saturated rings. The standard InChI is InChI=1S/C27H37N3O10S/c1-18(2)16-30(41(34,35)22-10-11-24-25(15-22)39-17-38-24)40-27(33)29-23(19(3)31)14-20-6-8-21(9-7-20)36-12-5-13-37-26(32)28-4/h6-11,15,18-19,23,31H,5,12-14,16-17H2,1-4H3,(H,28,32)(H,29,33). The van der Waals surface area contributed by atoms with Crippen LogP contribution in [0, 0.1) is 5.92 Å². The summed E-state index contributed by atoms with van der Waals surface area (Å²) in [5, 5.41) is 15.2. The molecule has 2 aromatic rings. The van der Waals surface area contributed by atoms with Crippen molar-refractivity contribution >= 4 is 22.2 Å². The van der Waals surface area contributed by atoms with Crippen LogP contribution in [-0.2, 0) is 26.0 Å². The van der Waals surface area contributed by atoms with Crippen molar-refractivity contribution in [3.8, 4) is 17.2 Å². The van der Waals surface area contributed by atoms with Gasteiger partial charge >= 0.3 is 12.2 Å². The highest BCUT2D eigenvalue weighted by atomic mass is 32.2. The van der Waals surface area contributed by atoms with E-state index in [1.54, 1.807) is 38.1 Å². The number of aliphatic hydroxyl groups excluding tert-OH is 1. The third-order valence-corrected chi connectivity index (χ3v) is 7.48. The summed E-state index contributed by atoms with van der Waals surface area (Å²) in [6.07, 6.45) is -1.74. The van der Waals surface area contributed by atoms with Crippen molar-refractivity contribution < 1.29 is 46.9 Å². The number of fused-ring (bicyclic) bond motifs is 1. The number of hydroxylamine groups is 1. The number of amides is 2. The Morgan fingerprint density at radius 3 is 2.39 bits per heavy atom. The van der Waals surface area contributed by atoms with Gasteiger partial charge in [0.2, 0.25) is 6.79 Å².